The molecule has 4 atom stereocenters. The Bertz CT molecular complexity index is 835. The number of hydrogen-bond donors (Lipinski definition) is 3. The number of anilines is 1. The van der Waals surface area contributed by atoms with Crippen molar-refractivity contribution in [2.75, 3.05) is 25.1 Å². The number of alkyl carbamates (subject to hydrolysis) is 1. The number of nitrogens with zero attached hydrogens (tertiary/aromatic N) is 3. The monoisotopic (exact) mass is 418 g/mol. The summed E-state index contributed by atoms with van der Waals surface area (Å²) in [5.74, 6) is 0.891. The number of aromatic nitrogens is 1. The van der Waals surface area contributed by atoms with Gasteiger partial charge in [-0.2, -0.15) is 0 Å². The molecule has 0 aliphatic carbocycles. The van der Waals surface area contributed by atoms with E-state index < -0.39 is 23.5 Å². The van der Waals surface area contributed by atoms with Crippen molar-refractivity contribution < 1.29 is 24.5 Å². The third kappa shape index (κ3) is 3.45. The molecule has 164 valence electrons. The number of rotatable bonds is 3. The summed E-state index contributed by atoms with van der Waals surface area (Å²) in [6.07, 6.45) is 3.42. The third-order valence-corrected chi connectivity index (χ3v) is 7.09. The van der Waals surface area contributed by atoms with Gasteiger partial charge < -0.3 is 19.8 Å². The second kappa shape index (κ2) is 7.61. The summed E-state index contributed by atoms with van der Waals surface area (Å²) >= 11 is 0. The number of fused-ring (bicyclic) bond motifs is 2. The first-order valence-corrected chi connectivity index (χ1v) is 10.6. The van der Waals surface area contributed by atoms with Crippen molar-refractivity contribution in [2.24, 2.45) is 5.92 Å². The van der Waals surface area contributed by atoms with Gasteiger partial charge in [0.05, 0.1) is 12.7 Å². The van der Waals surface area contributed by atoms with E-state index >= 15 is 0 Å². The highest BCUT2D eigenvalue weighted by molar-refractivity contribution is 5.72. The van der Waals surface area contributed by atoms with Crippen LogP contribution in [-0.2, 0) is 4.74 Å². The molecule has 2 amide bonds. The summed E-state index contributed by atoms with van der Waals surface area (Å²) in [6.45, 7) is 3.56. The number of carbonyl (C=O) groups is 2. The third-order valence-electron chi connectivity index (χ3n) is 7.09. The molecule has 3 N–H and O–H groups in total. The molecule has 9 heteroatoms. The quantitative estimate of drug-likeness (QED) is 0.690. The van der Waals surface area contributed by atoms with Crippen LogP contribution in [0, 0.1) is 12.8 Å². The van der Waals surface area contributed by atoms with E-state index in [1.165, 1.54) is 12.0 Å². The molecule has 4 unspecified atom stereocenters. The number of aryl methyl sites for hydroxylation is 1. The van der Waals surface area contributed by atoms with Crippen LogP contribution < -0.4 is 10.2 Å². The number of hydrogen-bond acceptors (Lipinski definition) is 6. The van der Waals surface area contributed by atoms with E-state index in [1.807, 2.05) is 19.1 Å². The first-order chi connectivity index (χ1) is 14.3. The molecule has 3 aliphatic heterocycles. The van der Waals surface area contributed by atoms with Crippen LogP contribution in [0.4, 0.5) is 15.4 Å². The predicted molar refractivity (Wildman–Crippen MR) is 109 cm³/mol. The van der Waals surface area contributed by atoms with Gasteiger partial charge in [0, 0.05) is 37.7 Å². The van der Waals surface area contributed by atoms with Crippen LogP contribution in [0.1, 0.15) is 44.1 Å². The van der Waals surface area contributed by atoms with E-state index in [9.17, 15) is 19.8 Å². The van der Waals surface area contributed by atoms with Gasteiger partial charge in [-0.05, 0) is 50.7 Å². The number of nitrogens with one attached hydrogen (secondary N) is 1. The van der Waals surface area contributed by atoms with Gasteiger partial charge in [-0.1, -0.05) is 6.07 Å². The Kier molecular flexibility index (Phi) is 5.25. The van der Waals surface area contributed by atoms with E-state index in [2.05, 4.69) is 15.2 Å². The first-order valence-electron chi connectivity index (χ1n) is 10.6. The minimum atomic E-state index is -1.14. The number of ether oxygens (including phenoxy) is 1. The maximum absolute atomic E-state index is 12.0. The van der Waals surface area contributed by atoms with Crippen molar-refractivity contribution in [1.82, 2.24) is 15.2 Å². The van der Waals surface area contributed by atoms with E-state index in [1.54, 1.807) is 6.20 Å². The Balaban J connectivity index is 1.60. The summed E-state index contributed by atoms with van der Waals surface area (Å²) in [4.78, 5) is 32.1. The van der Waals surface area contributed by atoms with E-state index in [0.717, 1.165) is 30.8 Å². The van der Waals surface area contributed by atoms with Crippen molar-refractivity contribution in [3.8, 4) is 0 Å². The number of carbonyl (C=O) groups excluding carboxylic acids is 1. The van der Waals surface area contributed by atoms with Crippen molar-refractivity contribution in [3.63, 3.8) is 0 Å². The maximum Gasteiger partial charge on any atom is 0.409 e. The zero-order valence-corrected chi connectivity index (χ0v) is 17.5. The minimum absolute atomic E-state index is 0.0389. The molecule has 1 aromatic rings. The van der Waals surface area contributed by atoms with Gasteiger partial charge in [-0.15, -0.1) is 0 Å². The van der Waals surface area contributed by atoms with Crippen molar-refractivity contribution in [1.29, 1.82) is 0 Å². The highest BCUT2D eigenvalue weighted by Gasteiger charge is 2.61. The topological polar surface area (TPSA) is 115 Å². The molecule has 3 aliphatic rings. The fraction of sp³-hybridized carbons (Fsp3) is 0.667. The Morgan fingerprint density at radius 2 is 2.17 bits per heavy atom. The standard InChI is InChI=1S/C21H30N4O5/c1-14-5-3-9-22-17(14)24-10-4-6-15(12-24)20(29)11-16-7-8-21(13-20,23-18(26)30-2)25(16)19(27)28/h3,5,9,15-16,29H,4,6-8,10-13H2,1-2H3,(H,23,26)(H,27,28). The molecule has 3 saturated heterocycles. The lowest BCUT2D eigenvalue weighted by Crippen LogP contribution is -2.69. The number of amides is 2. The Morgan fingerprint density at radius 1 is 1.37 bits per heavy atom. The second-order valence-electron chi connectivity index (χ2n) is 8.91. The number of piperidine rings is 2. The summed E-state index contributed by atoms with van der Waals surface area (Å²) < 4.78 is 4.76. The number of carboxylic acid groups (broad SMARTS) is 1. The molecular formula is C21H30N4O5. The maximum atomic E-state index is 12.0. The van der Waals surface area contributed by atoms with Crippen LogP contribution in [0.25, 0.3) is 0 Å². The summed E-state index contributed by atoms with van der Waals surface area (Å²) in [5.41, 5.74) is -1.12. The van der Waals surface area contributed by atoms with Crippen LogP contribution >= 0.6 is 0 Å². The lowest BCUT2D eigenvalue weighted by Gasteiger charge is -2.53. The van der Waals surface area contributed by atoms with Crippen LogP contribution in [0.2, 0.25) is 0 Å². The molecule has 0 saturated carbocycles. The smallest absolute Gasteiger partial charge is 0.409 e. The molecule has 0 spiro atoms. The molecule has 0 radical (unpaired) electrons. The Morgan fingerprint density at radius 3 is 2.87 bits per heavy atom. The van der Waals surface area contributed by atoms with Gasteiger partial charge in [-0.25, -0.2) is 14.6 Å². The molecule has 1 aromatic heterocycles. The van der Waals surface area contributed by atoms with Crippen LogP contribution in [0.3, 0.4) is 0 Å². The van der Waals surface area contributed by atoms with Crippen LogP contribution in [0.5, 0.6) is 0 Å². The normalized spacial score (nSPS) is 33.3. The molecule has 0 aromatic carbocycles. The second-order valence-corrected chi connectivity index (χ2v) is 8.91. The fourth-order valence-corrected chi connectivity index (χ4v) is 5.83. The molecule has 3 fully saturated rings. The average molecular weight is 418 g/mol. The number of methoxy groups -OCH3 is 1. The van der Waals surface area contributed by atoms with Crippen molar-refractivity contribution >= 4 is 18.0 Å². The molecule has 9 nitrogen and oxygen atoms in total. The summed E-state index contributed by atoms with van der Waals surface area (Å²) in [7, 11) is 1.26. The Labute approximate surface area is 176 Å². The summed E-state index contributed by atoms with van der Waals surface area (Å²) in [6, 6.07) is 3.61. The van der Waals surface area contributed by atoms with Crippen molar-refractivity contribution in [3.05, 3.63) is 23.9 Å². The van der Waals surface area contributed by atoms with Gasteiger partial charge in [0.25, 0.3) is 0 Å². The molecule has 30 heavy (non-hydrogen) atoms. The van der Waals surface area contributed by atoms with Gasteiger partial charge in [0.15, 0.2) is 0 Å². The first kappa shape index (κ1) is 20.7. The number of aliphatic hydroxyl groups is 1. The minimum Gasteiger partial charge on any atom is -0.465 e. The fourth-order valence-electron chi connectivity index (χ4n) is 5.83. The summed E-state index contributed by atoms with van der Waals surface area (Å²) in [5, 5.41) is 24.4. The molecular weight excluding hydrogens is 388 g/mol. The average Bonchev–Trinajstić information content (AvgIpc) is 2.97. The lowest BCUT2D eigenvalue weighted by atomic mass is 9.71. The highest BCUT2D eigenvalue weighted by atomic mass is 16.5. The van der Waals surface area contributed by atoms with E-state index in [-0.39, 0.29) is 18.4 Å². The number of pyridine rings is 1. The molecule has 4 heterocycles. The SMILES string of the molecule is COC(=O)NC12CCC(CC(O)(C3CCCN(c4ncccc4C)C3)C1)N2C(=O)O. The van der Waals surface area contributed by atoms with Gasteiger partial charge in [-0.3, -0.25) is 10.2 Å². The van der Waals surface area contributed by atoms with Crippen LogP contribution in [-0.4, -0.2) is 69.8 Å². The van der Waals surface area contributed by atoms with Gasteiger partial charge in [0.1, 0.15) is 11.5 Å². The van der Waals surface area contributed by atoms with Gasteiger partial charge in [0.2, 0.25) is 0 Å². The van der Waals surface area contributed by atoms with E-state index in [4.69, 9.17) is 4.74 Å². The zero-order chi connectivity index (χ0) is 21.5. The zero-order valence-electron chi connectivity index (χ0n) is 17.5. The Hall–Kier alpha value is -2.55. The van der Waals surface area contributed by atoms with E-state index in [0.29, 0.717) is 25.8 Å². The molecule has 4 rings (SSSR count). The predicted octanol–water partition coefficient (Wildman–Crippen LogP) is 2.33. The van der Waals surface area contributed by atoms with Gasteiger partial charge >= 0.3 is 12.2 Å². The largest absolute Gasteiger partial charge is 0.465 e. The lowest BCUT2D eigenvalue weighted by molar-refractivity contribution is -0.119. The van der Waals surface area contributed by atoms with Crippen molar-refractivity contribution in [2.45, 2.75) is 62.8 Å². The van der Waals surface area contributed by atoms with Crippen LogP contribution in [0.15, 0.2) is 18.3 Å². The highest BCUT2D eigenvalue weighted by Crippen LogP contribution is 2.50. The molecule has 2 bridgehead atoms.